The van der Waals surface area contributed by atoms with Gasteiger partial charge in [-0.05, 0) is 40.5 Å². The predicted octanol–water partition coefficient (Wildman–Crippen LogP) is 1.73. The number of halogens is 1. The van der Waals surface area contributed by atoms with Gasteiger partial charge in [0.05, 0.1) is 30.6 Å². The highest BCUT2D eigenvalue weighted by Crippen LogP contribution is 2.21. The summed E-state index contributed by atoms with van der Waals surface area (Å²) in [7, 11) is 3.56. The minimum Gasteiger partial charge on any atom is -0.397 e. The fourth-order valence-electron chi connectivity index (χ4n) is 3.29. The fraction of sp³-hybridized carbons (Fsp3) is 0.316. The zero-order valence-corrected chi connectivity index (χ0v) is 18.8. The Balaban J connectivity index is 1.39. The van der Waals surface area contributed by atoms with E-state index in [1.807, 2.05) is 26.1 Å². The Hall–Kier alpha value is -3.25. The van der Waals surface area contributed by atoms with Crippen molar-refractivity contribution in [1.82, 2.24) is 34.7 Å². The van der Waals surface area contributed by atoms with Crippen LogP contribution in [0.15, 0.2) is 29.1 Å². The normalized spacial score (nSPS) is 12.4. The first-order chi connectivity index (χ1) is 14.9. The van der Waals surface area contributed by atoms with Crippen molar-refractivity contribution in [1.29, 1.82) is 0 Å². The fourth-order valence-corrected chi connectivity index (χ4v) is 3.67. The van der Waals surface area contributed by atoms with Crippen LogP contribution in [-0.2, 0) is 18.4 Å². The summed E-state index contributed by atoms with van der Waals surface area (Å²) < 4.78 is 9.74. The topological polar surface area (TPSA) is 137 Å². The number of fused-ring (bicyclic) bond motifs is 2. The van der Waals surface area contributed by atoms with Crippen molar-refractivity contribution in [2.75, 3.05) is 24.7 Å². The van der Waals surface area contributed by atoms with Crippen LogP contribution in [0.2, 0.25) is 0 Å². The molecule has 4 aromatic rings. The molecule has 11 nitrogen and oxygen atoms in total. The lowest BCUT2D eigenvalue weighted by Crippen LogP contribution is -2.36. The molecule has 0 aliphatic heterocycles. The number of carbonyl (C=O) groups is 1. The number of benzene rings is 1. The number of anilines is 2. The van der Waals surface area contributed by atoms with Crippen molar-refractivity contribution >= 4 is 50.0 Å². The van der Waals surface area contributed by atoms with Gasteiger partial charge in [0, 0.05) is 26.3 Å². The highest BCUT2D eigenvalue weighted by atomic mass is 79.9. The van der Waals surface area contributed by atoms with E-state index >= 15 is 0 Å². The number of nitrogens with zero attached hydrogens (tertiary/aromatic N) is 6. The van der Waals surface area contributed by atoms with E-state index in [1.54, 1.807) is 22.3 Å². The van der Waals surface area contributed by atoms with Crippen molar-refractivity contribution in [2.45, 2.75) is 19.6 Å². The maximum absolute atomic E-state index is 12.8. The smallest absolute Gasteiger partial charge is 0.270 e. The van der Waals surface area contributed by atoms with Gasteiger partial charge in [0.2, 0.25) is 0 Å². The standard InChI is InChI=1S/C19H22BrN9O2/c1-10(8-31-9-11-4-12(21)16-13(5-11)28(3)27-26-16)24-19(30)14-6-23-18-17(22-2)25-15(20)7-29(14)18/h4-7,10H,8-9,21H2,1-3H3,(H,22,25)(H,24,30)/t10-/m1/s1. The Morgan fingerprint density at radius 1 is 1.39 bits per heavy atom. The van der Waals surface area contributed by atoms with Crippen molar-refractivity contribution in [3.8, 4) is 0 Å². The van der Waals surface area contributed by atoms with Gasteiger partial charge in [-0.2, -0.15) is 0 Å². The van der Waals surface area contributed by atoms with Crippen LogP contribution in [0.4, 0.5) is 11.5 Å². The molecule has 0 saturated carbocycles. The van der Waals surface area contributed by atoms with E-state index in [4.69, 9.17) is 10.5 Å². The number of hydrogen-bond acceptors (Lipinski definition) is 8. The molecule has 1 aromatic carbocycles. The summed E-state index contributed by atoms with van der Waals surface area (Å²) in [5.41, 5.74) is 10.00. The van der Waals surface area contributed by atoms with E-state index < -0.39 is 0 Å². The van der Waals surface area contributed by atoms with Crippen molar-refractivity contribution in [2.24, 2.45) is 7.05 Å². The Labute approximate surface area is 186 Å². The number of amides is 1. The monoisotopic (exact) mass is 487 g/mol. The average molecular weight is 488 g/mol. The molecule has 0 unspecified atom stereocenters. The van der Waals surface area contributed by atoms with Crippen LogP contribution in [0.3, 0.4) is 0 Å². The van der Waals surface area contributed by atoms with Gasteiger partial charge in [-0.15, -0.1) is 5.10 Å². The molecule has 0 saturated heterocycles. The number of nitrogens with two attached hydrogens (primary N) is 1. The van der Waals surface area contributed by atoms with Crippen LogP contribution in [0.5, 0.6) is 0 Å². The van der Waals surface area contributed by atoms with Gasteiger partial charge in [-0.3, -0.25) is 9.20 Å². The number of aryl methyl sites for hydroxylation is 1. The summed E-state index contributed by atoms with van der Waals surface area (Å²) in [4.78, 5) is 21.4. The van der Waals surface area contributed by atoms with Gasteiger partial charge in [-0.1, -0.05) is 5.21 Å². The minimum absolute atomic E-state index is 0.216. The molecule has 0 fully saturated rings. The first-order valence-electron chi connectivity index (χ1n) is 9.55. The van der Waals surface area contributed by atoms with Gasteiger partial charge in [0.1, 0.15) is 15.8 Å². The number of rotatable bonds is 7. The molecule has 0 aliphatic carbocycles. The number of carbonyl (C=O) groups excluding carboxylic acids is 1. The minimum atomic E-state index is -0.254. The lowest BCUT2D eigenvalue weighted by atomic mass is 10.2. The van der Waals surface area contributed by atoms with E-state index in [1.165, 1.54) is 6.20 Å². The molecule has 31 heavy (non-hydrogen) atoms. The molecule has 0 bridgehead atoms. The second kappa shape index (κ2) is 8.47. The third-order valence-corrected chi connectivity index (χ3v) is 5.14. The average Bonchev–Trinajstić information content (AvgIpc) is 3.31. The van der Waals surface area contributed by atoms with E-state index in [2.05, 4.69) is 46.8 Å². The zero-order valence-electron chi connectivity index (χ0n) is 17.3. The van der Waals surface area contributed by atoms with Gasteiger partial charge in [0.25, 0.3) is 5.91 Å². The van der Waals surface area contributed by atoms with Gasteiger partial charge >= 0.3 is 0 Å². The maximum atomic E-state index is 12.8. The third kappa shape index (κ3) is 4.16. The van der Waals surface area contributed by atoms with Crippen molar-refractivity contribution < 1.29 is 9.53 Å². The van der Waals surface area contributed by atoms with Gasteiger partial charge in [-0.25, -0.2) is 14.6 Å². The SMILES string of the molecule is CNc1nc(Br)cn2c(C(=O)N[C@H](C)COCc3cc(N)c4nnn(C)c4c3)cnc12. The van der Waals surface area contributed by atoms with Crippen molar-refractivity contribution in [3.05, 3.63) is 40.4 Å². The molecule has 12 heteroatoms. The molecule has 162 valence electrons. The molecular formula is C19H22BrN9O2. The lowest BCUT2D eigenvalue weighted by Gasteiger charge is -2.14. The number of nitrogens with one attached hydrogen (secondary N) is 2. The first kappa shape index (κ1) is 21.0. The summed E-state index contributed by atoms with van der Waals surface area (Å²) >= 11 is 3.35. The van der Waals surface area contributed by atoms with E-state index in [-0.39, 0.29) is 11.9 Å². The Morgan fingerprint density at radius 2 is 2.19 bits per heavy atom. The molecule has 4 N–H and O–H groups in total. The van der Waals surface area contributed by atoms with E-state index in [0.717, 1.165) is 11.1 Å². The van der Waals surface area contributed by atoms with Gasteiger partial charge in [0.15, 0.2) is 11.5 Å². The van der Waals surface area contributed by atoms with Crippen LogP contribution in [0, 0.1) is 0 Å². The first-order valence-corrected chi connectivity index (χ1v) is 10.3. The Morgan fingerprint density at radius 3 is 2.97 bits per heavy atom. The molecular weight excluding hydrogens is 466 g/mol. The largest absolute Gasteiger partial charge is 0.397 e. The number of ether oxygens (including phenoxy) is 1. The second-order valence-electron chi connectivity index (χ2n) is 7.15. The molecule has 4 rings (SSSR count). The summed E-state index contributed by atoms with van der Waals surface area (Å²) in [6.07, 6.45) is 3.22. The van der Waals surface area contributed by atoms with E-state index in [9.17, 15) is 4.79 Å². The van der Waals surface area contributed by atoms with Crippen LogP contribution in [0.25, 0.3) is 16.7 Å². The molecule has 0 aliphatic rings. The second-order valence-corrected chi connectivity index (χ2v) is 7.97. The zero-order chi connectivity index (χ0) is 22.1. The van der Waals surface area contributed by atoms with Crippen LogP contribution < -0.4 is 16.4 Å². The molecule has 3 aromatic heterocycles. The van der Waals surface area contributed by atoms with Crippen molar-refractivity contribution in [3.63, 3.8) is 0 Å². The van der Waals surface area contributed by atoms with E-state index in [0.29, 0.717) is 46.2 Å². The molecule has 1 atom stereocenters. The summed E-state index contributed by atoms with van der Waals surface area (Å²) in [5.74, 6) is 0.319. The van der Waals surface area contributed by atoms with Crippen LogP contribution in [-0.4, -0.2) is 55.0 Å². The Bertz CT molecular complexity index is 1270. The summed E-state index contributed by atoms with van der Waals surface area (Å²) in [6, 6.07) is 3.55. The Kier molecular flexibility index (Phi) is 5.74. The molecule has 3 heterocycles. The molecule has 0 radical (unpaired) electrons. The number of aromatic nitrogens is 6. The summed E-state index contributed by atoms with van der Waals surface area (Å²) in [5, 5.41) is 13.9. The molecule has 1 amide bonds. The van der Waals surface area contributed by atoms with Crippen LogP contribution in [0.1, 0.15) is 23.0 Å². The third-order valence-electron chi connectivity index (χ3n) is 4.75. The van der Waals surface area contributed by atoms with Crippen LogP contribution >= 0.6 is 15.9 Å². The van der Waals surface area contributed by atoms with Gasteiger partial charge < -0.3 is 21.1 Å². The number of nitrogen functional groups attached to an aromatic ring is 1. The highest BCUT2D eigenvalue weighted by molar-refractivity contribution is 9.10. The maximum Gasteiger partial charge on any atom is 0.270 e. The number of imidazole rings is 1. The quantitative estimate of drug-likeness (QED) is 0.335. The molecule has 0 spiro atoms. The predicted molar refractivity (Wildman–Crippen MR) is 120 cm³/mol. The summed E-state index contributed by atoms with van der Waals surface area (Å²) in [6.45, 7) is 2.56. The highest BCUT2D eigenvalue weighted by Gasteiger charge is 2.17. The number of hydrogen-bond donors (Lipinski definition) is 3. The lowest BCUT2D eigenvalue weighted by molar-refractivity contribution is 0.0816.